The molecule has 7 heteroatoms. The van der Waals surface area contributed by atoms with Crippen molar-refractivity contribution in [1.29, 1.82) is 0 Å². The number of amides is 1. The van der Waals surface area contributed by atoms with Crippen molar-refractivity contribution in [3.63, 3.8) is 0 Å². The zero-order valence-corrected chi connectivity index (χ0v) is 15.8. The summed E-state index contributed by atoms with van der Waals surface area (Å²) in [5, 5.41) is 14.7. The molecule has 1 atom stereocenters. The number of hydrogen-bond acceptors (Lipinski definition) is 3. The number of carboxylic acids is 1. The predicted molar refractivity (Wildman–Crippen MR) is 98.7 cm³/mol. The van der Waals surface area contributed by atoms with Crippen LogP contribution in [-0.2, 0) is 4.79 Å². The van der Waals surface area contributed by atoms with Gasteiger partial charge in [0.1, 0.15) is 0 Å². The highest BCUT2D eigenvalue weighted by molar-refractivity contribution is 6.30. The zero-order valence-electron chi connectivity index (χ0n) is 15.1. The van der Waals surface area contributed by atoms with Crippen LogP contribution in [0.2, 0.25) is 5.02 Å². The molecule has 1 aromatic carbocycles. The van der Waals surface area contributed by atoms with Gasteiger partial charge in [-0.3, -0.25) is 9.59 Å². The third-order valence-corrected chi connectivity index (χ3v) is 5.51. The van der Waals surface area contributed by atoms with E-state index in [1.807, 2.05) is 32.9 Å². The number of benzene rings is 1. The molecule has 6 nitrogen and oxygen atoms in total. The maximum Gasteiger partial charge on any atom is 0.311 e. The van der Waals surface area contributed by atoms with Crippen LogP contribution < -0.4 is 0 Å². The molecule has 1 aliphatic heterocycles. The van der Waals surface area contributed by atoms with Crippen molar-refractivity contribution < 1.29 is 14.7 Å². The van der Waals surface area contributed by atoms with Crippen molar-refractivity contribution in [2.75, 3.05) is 13.1 Å². The number of carbonyl (C=O) groups excluding carboxylic acids is 1. The van der Waals surface area contributed by atoms with Crippen LogP contribution in [0.5, 0.6) is 0 Å². The Labute approximate surface area is 157 Å². The molecule has 0 bridgehead atoms. The Bertz CT molecular complexity index is 861. The summed E-state index contributed by atoms with van der Waals surface area (Å²) in [5.41, 5.74) is 1.01. The smallest absolute Gasteiger partial charge is 0.311 e. The van der Waals surface area contributed by atoms with Crippen molar-refractivity contribution in [3.05, 3.63) is 46.7 Å². The number of rotatable bonds is 4. The van der Waals surface area contributed by atoms with Crippen molar-refractivity contribution in [2.45, 2.75) is 27.2 Å². The van der Waals surface area contributed by atoms with Crippen molar-refractivity contribution in [3.8, 4) is 5.69 Å². The van der Waals surface area contributed by atoms with E-state index in [0.29, 0.717) is 23.7 Å². The lowest BCUT2D eigenvalue weighted by Crippen LogP contribution is -2.40. The summed E-state index contributed by atoms with van der Waals surface area (Å²) >= 11 is 6.04. The van der Waals surface area contributed by atoms with E-state index < -0.39 is 11.4 Å². The number of aryl methyl sites for hydroxylation is 1. The van der Waals surface area contributed by atoms with Crippen LogP contribution in [0.25, 0.3) is 5.69 Å². The van der Waals surface area contributed by atoms with E-state index >= 15 is 0 Å². The first kappa shape index (κ1) is 18.5. The maximum atomic E-state index is 12.9. The number of carbonyl (C=O) groups is 2. The molecule has 1 amide bonds. The number of aliphatic carboxylic acids is 1. The lowest BCUT2D eigenvalue weighted by molar-refractivity contribution is -0.150. The maximum absolute atomic E-state index is 12.9. The lowest BCUT2D eigenvalue weighted by atomic mass is 9.76. The molecule has 1 aliphatic rings. The van der Waals surface area contributed by atoms with Crippen LogP contribution >= 0.6 is 11.6 Å². The molecular weight excluding hydrogens is 354 g/mol. The van der Waals surface area contributed by atoms with E-state index in [2.05, 4.69) is 5.10 Å². The zero-order chi connectivity index (χ0) is 19.1. The summed E-state index contributed by atoms with van der Waals surface area (Å²) in [6.07, 6.45) is 0.458. The molecule has 2 aromatic rings. The standard InChI is InChI=1S/C19H22ClN3O3/c1-12(2)19(18(25)26)7-8-22(11-19)17(24)16-9-13(3)23(21-16)15-6-4-5-14(20)10-15/h4-6,9-10,12H,7-8,11H2,1-3H3,(H,25,26). The number of carboxylic acid groups (broad SMARTS) is 1. The van der Waals surface area contributed by atoms with Gasteiger partial charge in [0.05, 0.1) is 11.1 Å². The number of hydrogen-bond donors (Lipinski definition) is 1. The van der Waals surface area contributed by atoms with Crippen molar-refractivity contribution >= 4 is 23.5 Å². The Morgan fingerprint density at radius 1 is 1.31 bits per heavy atom. The largest absolute Gasteiger partial charge is 0.481 e. The van der Waals surface area contributed by atoms with Gasteiger partial charge in [0.25, 0.3) is 5.91 Å². The molecular formula is C19H22ClN3O3. The first-order valence-electron chi connectivity index (χ1n) is 8.60. The lowest BCUT2D eigenvalue weighted by Gasteiger charge is -2.28. The average Bonchev–Trinajstić information content (AvgIpc) is 3.19. The van der Waals surface area contributed by atoms with Gasteiger partial charge in [-0.05, 0) is 43.5 Å². The van der Waals surface area contributed by atoms with Crippen molar-refractivity contribution in [2.24, 2.45) is 11.3 Å². The van der Waals surface area contributed by atoms with Gasteiger partial charge < -0.3 is 10.0 Å². The fourth-order valence-electron chi connectivity index (χ4n) is 3.51. The van der Waals surface area contributed by atoms with Gasteiger partial charge in [-0.1, -0.05) is 31.5 Å². The second-order valence-corrected chi connectivity index (χ2v) is 7.59. The molecule has 3 rings (SSSR count). The molecule has 1 fully saturated rings. The van der Waals surface area contributed by atoms with E-state index in [1.54, 1.807) is 27.8 Å². The Balaban J connectivity index is 1.86. The normalized spacial score (nSPS) is 20.0. The molecule has 1 N–H and O–H groups in total. The van der Waals surface area contributed by atoms with Gasteiger partial charge in [-0.2, -0.15) is 5.10 Å². The second-order valence-electron chi connectivity index (χ2n) is 7.16. The third-order valence-electron chi connectivity index (χ3n) is 5.28. The summed E-state index contributed by atoms with van der Waals surface area (Å²) in [4.78, 5) is 26.2. The van der Waals surface area contributed by atoms with Crippen LogP contribution in [0.15, 0.2) is 30.3 Å². The summed E-state index contributed by atoms with van der Waals surface area (Å²) < 4.78 is 1.67. The Morgan fingerprint density at radius 2 is 2.04 bits per heavy atom. The van der Waals surface area contributed by atoms with Gasteiger partial charge >= 0.3 is 5.97 Å². The molecule has 138 valence electrons. The van der Waals surface area contributed by atoms with E-state index in [-0.39, 0.29) is 18.4 Å². The van der Waals surface area contributed by atoms with E-state index in [4.69, 9.17) is 11.6 Å². The number of nitrogens with zero attached hydrogens (tertiary/aromatic N) is 3. The van der Waals surface area contributed by atoms with Crippen molar-refractivity contribution in [1.82, 2.24) is 14.7 Å². The highest BCUT2D eigenvalue weighted by Crippen LogP contribution is 2.38. The van der Waals surface area contributed by atoms with Crippen LogP contribution in [-0.4, -0.2) is 44.8 Å². The van der Waals surface area contributed by atoms with Gasteiger partial charge in [0.2, 0.25) is 0 Å². The molecule has 0 aliphatic carbocycles. The molecule has 26 heavy (non-hydrogen) atoms. The minimum absolute atomic E-state index is 0.0523. The molecule has 0 radical (unpaired) electrons. The van der Waals surface area contributed by atoms with Crippen LogP contribution in [0.3, 0.4) is 0 Å². The Kier molecular flexibility index (Phi) is 4.80. The van der Waals surface area contributed by atoms with Gasteiger partial charge in [-0.15, -0.1) is 0 Å². The summed E-state index contributed by atoms with van der Waals surface area (Å²) in [6.45, 7) is 6.28. The monoisotopic (exact) mass is 375 g/mol. The first-order valence-corrected chi connectivity index (χ1v) is 8.97. The highest BCUT2D eigenvalue weighted by atomic mass is 35.5. The molecule has 0 spiro atoms. The quantitative estimate of drug-likeness (QED) is 0.888. The second kappa shape index (κ2) is 6.76. The first-order chi connectivity index (χ1) is 12.2. The van der Waals surface area contributed by atoms with Crippen LogP contribution in [0, 0.1) is 18.3 Å². The summed E-state index contributed by atoms with van der Waals surface area (Å²) in [6, 6.07) is 8.96. The van der Waals surface area contributed by atoms with Crippen LogP contribution in [0.1, 0.15) is 36.5 Å². The fourth-order valence-corrected chi connectivity index (χ4v) is 3.69. The fraction of sp³-hybridized carbons (Fsp3) is 0.421. The number of halogens is 1. The third kappa shape index (κ3) is 3.09. The minimum Gasteiger partial charge on any atom is -0.481 e. The summed E-state index contributed by atoms with van der Waals surface area (Å²) in [7, 11) is 0. The molecule has 1 saturated heterocycles. The molecule has 1 aromatic heterocycles. The minimum atomic E-state index is -0.889. The van der Waals surface area contributed by atoms with Gasteiger partial charge in [-0.25, -0.2) is 4.68 Å². The van der Waals surface area contributed by atoms with E-state index in [1.165, 1.54) is 0 Å². The highest BCUT2D eigenvalue weighted by Gasteiger charge is 2.48. The Hall–Kier alpha value is -2.34. The van der Waals surface area contributed by atoms with Gasteiger partial charge in [0.15, 0.2) is 5.69 Å². The predicted octanol–water partition coefficient (Wildman–Crippen LogP) is 3.41. The SMILES string of the molecule is Cc1cc(C(=O)N2CCC(C(=O)O)(C(C)C)C2)nn1-c1cccc(Cl)c1. The van der Waals surface area contributed by atoms with Gasteiger partial charge in [0, 0.05) is 23.8 Å². The molecule has 2 heterocycles. The number of aromatic nitrogens is 2. The summed E-state index contributed by atoms with van der Waals surface area (Å²) in [5.74, 6) is -1.13. The van der Waals surface area contributed by atoms with E-state index in [9.17, 15) is 14.7 Å². The topological polar surface area (TPSA) is 75.4 Å². The molecule has 1 unspecified atom stereocenters. The van der Waals surface area contributed by atoms with Crippen LogP contribution in [0.4, 0.5) is 0 Å². The number of likely N-dealkylation sites (tertiary alicyclic amines) is 1. The molecule has 0 saturated carbocycles. The average molecular weight is 376 g/mol. The van der Waals surface area contributed by atoms with E-state index in [0.717, 1.165) is 11.4 Å². The Morgan fingerprint density at radius 3 is 2.62 bits per heavy atom.